The van der Waals surface area contributed by atoms with E-state index < -0.39 is 0 Å². The van der Waals surface area contributed by atoms with Crippen LogP contribution in [0.25, 0.3) is 0 Å². The average Bonchev–Trinajstić information content (AvgIpc) is 2.63. The molecule has 1 heterocycles. The van der Waals surface area contributed by atoms with E-state index in [1.54, 1.807) is 19.2 Å². The second kappa shape index (κ2) is 7.97. The first-order valence-corrected chi connectivity index (χ1v) is 8.46. The predicted molar refractivity (Wildman–Crippen MR) is 95.2 cm³/mol. The van der Waals surface area contributed by atoms with Crippen molar-refractivity contribution in [2.45, 2.75) is 25.4 Å². The van der Waals surface area contributed by atoms with Gasteiger partial charge in [0, 0.05) is 24.7 Å². The van der Waals surface area contributed by atoms with Crippen LogP contribution < -0.4 is 10.1 Å². The molecule has 0 aromatic heterocycles. The van der Waals surface area contributed by atoms with E-state index in [9.17, 15) is 4.79 Å². The summed E-state index contributed by atoms with van der Waals surface area (Å²) in [7, 11) is 1.62. The van der Waals surface area contributed by atoms with Crippen molar-refractivity contribution in [2.75, 3.05) is 20.2 Å². The zero-order valence-electron chi connectivity index (χ0n) is 14.1. The number of benzene rings is 2. The quantitative estimate of drug-likeness (QED) is 0.919. The third kappa shape index (κ3) is 4.36. The molecule has 1 aliphatic rings. The summed E-state index contributed by atoms with van der Waals surface area (Å²) in [5.74, 6) is 0.752. The molecule has 0 spiro atoms. The highest BCUT2D eigenvalue weighted by molar-refractivity contribution is 5.94. The fourth-order valence-corrected chi connectivity index (χ4v) is 3.17. The van der Waals surface area contributed by atoms with Crippen molar-refractivity contribution in [2.24, 2.45) is 0 Å². The number of rotatable bonds is 5. The number of carbonyl (C=O) groups is 1. The number of nitrogens with one attached hydrogen (secondary N) is 1. The third-order valence-corrected chi connectivity index (χ3v) is 4.44. The monoisotopic (exact) mass is 324 g/mol. The first-order valence-electron chi connectivity index (χ1n) is 8.46. The maximum atomic E-state index is 12.4. The first kappa shape index (κ1) is 16.5. The third-order valence-electron chi connectivity index (χ3n) is 4.44. The second-order valence-corrected chi connectivity index (χ2v) is 6.26. The molecule has 0 radical (unpaired) electrons. The molecular formula is C20H24N2O2. The fourth-order valence-electron chi connectivity index (χ4n) is 3.17. The molecule has 0 saturated carbocycles. The van der Waals surface area contributed by atoms with Gasteiger partial charge < -0.3 is 10.1 Å². The zero-order chi connectivity index (χ0) is 16.8. The van der Waals surface area contributed by atoms with Crippen LogP contribution in [-0.2, 0) is 6.54 Å². The van der Waals surface area contributed by atoms with Crippen LogP contribution in [0.15, 0.2) is 54.6 Å². The molecule has 1 N–H and O–H groups in total. The minimum atomic E-state index is -0.00999. The molecule has 2 aromatic rings. The lowest BCUT2D eigenvalue weighted by Crippen LogP contribution is -2.47. The summed E-state index contributed by atoms with van der Waals surface area (Å²) >= 11 is 0. The number of carbonyl (C=O) groups excluding carboxylic acids is 1. The highest BCUT2D eigenvalue weighted by Crippen LogP contribution is 2.15. The van der Waals surface area contributed by atoms with E-state index in [1.807, 2.05) is 18.2 Å². The molecular weight excluding hydrogens is 300 g/mol. The average molecular weight is 324 g/mol. The van der Waals surface area contributed by atoms with E-state index in [-0.39, 0.29) is 11.9 Å². The second-order valence-electron chi connectivity index (χ2n) is 6.26. The van der Waals surface area contributed by atoms with E-state index in [0.717, 1.165) is 38.2 Å². The molecule has 4 nitrogen and oxygen atoms in total. The number of hydrogen-bond acceptors (Lipinski definition) is 3. The number of methoxy groups -OCH3 is 1. The van der Waals surface area contributed by atoms with Crippen LogP contribution >= 0.6 is 0 Å². The minimum absolute atomic E-state index is 0.00999. The van der Waals surface area contributed by atoms with E-state index >= 15 is 0 Å². The Morgan fingerprint density at radius 1 is 1.17 bits per heavy atom. The van der Waals surface area contributed by atoms with E-state index in [2.05, 4.69) is 34.5 Å². The SMILES string of the molecule is COc1ccc(C(=O)N[C@@H]2CCCN(Cc3ccccc3)C2)cc1. The van der Waals surface area contributed by atoms with Crippen molar-refractivity contribution < 1.29 is 9.53 Å². The summed E-state index contributed by atoms with van der Waals surface area (Å²) < 4.78 is 5.13. The van der Waals surface area contributed by atoms with Gasteiger partial charge in [-0.15, -0.1) is 0 Å². The van der Waals surface area contributed by atoms with Gasteiger partial charge in [-0.05, 0) is 49.2 Å². The molecule has 1 amide bonds. The van der Waals surface area contributed by atoms with Crippen LogP contribution in [-0.4, -0.2) is 37.0 Å². The molecule has 0 unspecified atom stereocenters. The van der Waals surface area contributed by atoms with Gasteiger partial charge in [0.05, 0.1) is 7.11 Å². The lowest BCUT2D eigenvalue weighted by atomic mass is 10.0. The highest BCUT2D eigenvalue weighted by atomic mass is 16.5. The summed E-state index contributed by atoms with van der Waals surface area (Å²) in [4.78, 5) is 14.8. The van der Waals surface area contributed by atoms with Crippen LogP contribution in [0.3, 0.4) is 0 Å². The van der Waals surface area contributed by atoms with Crippen molar-refractivity contribution in [1.82, 2.24) is 10.2 Å². The van der Waals surface area contributed by atoms with Gasteiger partial charge in [-0.25, -0.2) is 0 Å². The Morgan fingerprint density at radius 2 is 1.92 bits per heavy atom. The summed E-state index contributed by atoms with van der Waals surface area (Å²) in [5, 5.41) is 3.17. The van der Waals surface area contributed by atoms with Crippen molar-refractivity contribution >= 4 is 5.91 Å². The van der Waals surface area contributed by atoms with E-state index in [0.29, 0.717) is 5.56 Å². The fraction of sp³-hybridized carbons (Fsp3) is 0.350. The van der Waals surface area contributed by atoms with Crippen molar-refractivity contribution in [1.29, 1.82) is 0 Å². The van der Waals surface area contributed by atoms with Crippen LogP contribution in [0.4, 0.5) is 0 Å². The van der Waals surface area contributed by atoms with Crippen LogP contribution in [0.2, 0.25) is 0 Å². The van der Waals surface area contributed by atoms with Gasteiger partial charge in [0.25, 0.3) is 5.91 Å². The van der Waals surface area contributed by atoms with Gasteiger partial charge in [-0.2, -0.15) is 0 Å². The highest BCUT2D eigenvalue weighted by Gasteiger charge is 2.21. The zero-order valence-corrected chi connectivity index (χ0v) is 14.1. The largest absolute Gasteiger partial charge is 0.497 e. The Labute approximate surface area is 143 Å². The number of ether oxygens (including phenoxy) is 1. The topological polar surface area (TPSA) is 41.6 Å². The van der Waals surface area contributed by atoms with Gasteiger partial charge in [0.2, 0.25) is 0 Å². The van der Waals surface area contributed by atoms with E-state index in [1.165, 1.54) is 5.56 Å². The summed E-state index contributed by atoms with van der Waals surface area (Å²) in [5.41, 5.74) is 2.00. The van der Waals surface area contributed by atoms with Crippen LogP contribution in [0.1, 0.15) is 28.8 Å². The molecule has 4 heteroatoms. The van der Waals surface area contributed by atoms with Gasteiger partial charge in [0.15, 0.2) is 0 Å². The maximum Gasteiger partial charge on any atom is 0.251 e. The number of amides is 1. The normalized spacial score (nSPS) is 18.1. The minimum Gasteiger partial charge on any atom is -0.497 e. The summed E-state index contributed by atoms with van der Waals surface area (Å²) in [6, 6.07) is 17.9. The molecule has 0 aliphatic carbocycles. The molecule has 2 aromatic carbocycles. The molecule has 126 valence electrons. The van der Waals surface area contributed by atoms with Gasteiger partial charge in [-0.1, -0.05) is 30.3 Å². The van der Waals surface area contributed by atoms with Crippen molar-refractivity contribution in [3.8, 4) is 5.75 Å². The standard InChI is InChI=1S/C20H24N2O2/c1-24-19-11-9-17(10-12-19)20(23)21-18-8-5-13-22(15-18)14-16-6-3-2-4-7-16/h2-4,6-7,9-12,18H,5,8,13-15H2,1H3,(H,21,23)/t18-/m1/s1. The van der Waals surface area contributed by atoms with Crippen molar-refractivity contribution in [3.05, 3.63) is 65.7 Å². The van der Waals surface area contributed by atoms with Crippen LogP contribution in [0, 0.1) is 0 Å². The lowest BCUT2D eigenvalue weighted by Gasteiger charge is -2.33. The van der Waals surface area contributed by atoms with Gasteiger partial charge in [0.1, 0.15) is 5.75 Å². The lowest BCUT2D eigenvalue weighted by molar-refractivity contribution is 0.0901. The van der Waals surface area contributed by atoms with Crippen molar-refractivity contribution in [3.63, 3.8) is 0 Å². The Kier molecular flexibility index (Phi) is 5.49. The Bertz CT molecular complexity index is 655. The first-order chi connectivity index (χ1) is 11.7. The summed E-state index contributed by atoms with van der Waals surface area (Å²) in [6.45, 7) is 2.93. The Hall–Kier alpha value is -2.33. The molecule has 3 rings (SSSR count). The molecule has 1 aliphatic heterocycles. The number of likely N-dealkylation sites (tertiary alicyclic amines) is 1. The van der Waals surface area contributed by atoms with Crippen LogP contribution in [0.5, 0.6) is 5.75 Å². The smallest absolute Gasteiger partial charge is 0.251 e. The number of hydrogen-bond donors (Lipinski definition) is 1. The number of piperidine rings is 1. The molecule has 1 saturated heterocycles. The molecule has 1 fully saturated rings. The number of nitrogens with zero attached hydrogens (tertiary/aromatic N) is 1. The van der Waals surface area contributed by atoms with Gasteiger partial charge in [-0.3, -0.25) is 9.69 Å². The predicted octanol–water partition coefficient (Wildman–Crippen LogP) is 3.09. The molecule has 1 atom stereocenters. The Morgan fingerprint density at radius 3 is 2.62 bits per heavy atom. The Balaban J connectivity index is 1.55. The summed E-state index contributed by atoms with van der Waals surface area (Å²) in [6.07, 6.45) is 2.15. The van der Waals surface area contributed by atoms with E-state index in [4.69, 9.17) is 4.74 Å². The van der Waals surface area contributed by atoms with Gasteiger partial charge >= 0.3 is 0 Å². The maximum absolute atomic E-state index is 12.4. The molecule has 0 bridgehead atoms. The molecule has 24 heavy (non-hydrogen) atoms.